The van der Waals surface area contributed by atoms with E-state index in [1.54, 1.807) is 37.3 Å². The third kappa shape index (κ3) is 6.25. The van der Waals surface area contributed by atoms with Gasteiger partial charge in [-0.3, -0.25) is 8.98 Å². The molecule has 1 atom stereocenters. The zero-order chi connectivity index (χ0) is 21.5. The van der Waals surface area contributed by atoms with E-state index in [1.807, 2.05) is 12.1 Å². The molecular weight excluding hydrogens is 420 g/mol. The highest BCUT2D eigenvalue weighted by Gasteiger charge is 2.15. The number of nitrogens with zero attached hydrogens (tertiary/aromatic N) is 1. The summed E-state index contributed by atoms with van der Waals surface area (Å²) in [6.07, 6.45) is 0.397. The van der Waals surface area contributed by atoms with Gasteiger partial charge in [-0.25, -0.2) is 4.98 Å². The van der Waals surface area contributed by atoms with Gasteiger partial charge in [-0.2, -0.15) is 0 Å². The average Bonchev–Trinajstić information content (AvgIpc) is 3.12. The fourth-order valence-corrected chi connectivity index (χ4v) is 4.35. The molecule has 0 bridgehead atoms. The largest absolute Gasteiger partial charge is 0.384 e. The Morgan fingerprint density at radius 1 is 1.17 bits per heavy atom. The van der Waals surface area contributed by atoms with Crippen molar-refractivity contribution < 1.29 is 13.2 Å². The minimum atomic E-state index is -2.03. The van der Waals surface area contributed by atoms with Crippen LogP contribution in [0, 0.1) is 0 Å². The molecule has 1 unspecified atom stereocenters. The first-order valence-electron chi connectivity index (χ1n) is 9.87. The van der Waals surface area contributed by atoms with Crippen molar-refractivity contribution in [2.24, 2.45) is 0 Å². The van der Waals surface area contributed by atoms with Crippen LogP contribution in [-0.4, -0.2) is 30.0 Å². The quantitative estimate of drug-likeness (QED) is 0.246. The van der Waals surface area contributed by atoms with Crippen LogP contribution in [0.5, 0.6) is 5.75 Å². The van der Waals surface area contributed by atoms with Gasteiger partial charge in [0, 0.05) is 37.3 Å². The number of hydrogen-bond donors (Lipinski definition) is 3. The summed E-state index contributed by atoms with van der Waals surface area (Å²) >= 11 is -0.670. The summed E-state index contributed by atoms with van der Waals surface area (Å²) in [5.41, 5.74) is 1.73. The minimum absolute atomic E-state index is 0.0808. The summed E-state index contributed by atoms with van der Waals surface area (Å²) in [5.74, 6) is 0.422. The van der Waals surface area contributed by atoms with E-state index >= 15 is 0 Å². The van der Waals surface area contributed by atoms with Crippen molar-refractivity contribution in [3.8, 4) is 5.75 Å². The smallest absolute Gasteiger partial charge is 0.280 e. The topological polar surface area (TPSA) is 92.3 Å². The number of carbonyl (C=O) groups is 1. The molecule has 0 aliphatic heterocycles. The number of thiazole rings is 1. The molecule has 0 spiro atoms. The Balaban J connectivity index is 1.59. The van der Waals surface area contributed by atoms with Crippen molar-refractivity contribution in [1.82, 2.24) is 10.3 Å². The predicted octanol–water partition coefficient (Wildman–Crippen LogP) is 4.10. The zero-order valence-corrected chi connectivity index (χ0v) is 19.0. The molecule has 0 aliphatic carbocycles. The first-order valence-corrected chi connectivity index (χ1v) is 11.9. The number of aromatic nitrogens is 1. The molecule has 3 aromatic rings. The van der Waals surface area contributed by atoms with Gasteiger partial charge < -0.3 is 16.0 Å². The second-order valence-corrected chi connectivity index (χ2v) is 9.22. The second kappa shape index (κ2) is 10.5. The number of fused-ring (bicyclic) bond motifs is 1. The Labute approximate surface area is 182 Å². The molecule has 0 saturated carbocycles. The van der Waals surface area contributed by atoms with Crippen molar-refractivity contribution in [2.45, 2.75) is 38.1 Å². The molecule has 9 heteroatoms. The van der Waals surface area contributed by atoms with E-state index < -0.39 is 11.1 Å². The third-order valence-electron chi connectivity index (χ3n) is 4.20. The van der Waals surface area contributed by atoms with E-state index in [2.05, 4.69) is 34.8 Å². The summed E-state index contributed by atoms with van der Waals surface area (Å²) in [6.45, 7) is 7.71. The van der Waals surface area contributed by atoms with Gasteiger partial charge in [0.15, 0.2) is 15.8 Å². The lowest BCUT2D eigenvalue weighted by molar-refractivity contribution is -0.115. The van der Waals surface area contributed by atoms with Gasteiger partial charge in [0.05, 0.1) is 10.2 Å². The summed E-state index contributed by atoms with van der Waals surface area (Å²) in [4.78, 5) is 16.5. The summed E-state index contributed by atoms with van der Waals surface area (Å²) in [5, 5.41) is 9.97. The molecule has 2 aromatic carbocycles. The van der Waals surface area contributed by atoms with E-state index in [-0.39, 0.29) is 5.91 Å². The summed E-state index contributed by atoms with van der Waals surface area (Å²) in [6, 6.07) is 13.2. The maximum atomic E-state index is 12.6. The molecule has 7 nitrogen and oxygen atoms in total. The summed E-state index contributed by atoms with van der Waals surface area (Å²) in [7, 11) is 0. The zero-order valence-electron chi connectivity index (χ0n) is 17.3. The van der Waals surface area contributed by atoms with Gasteiger partial charge >= 0.3 is 0 Å². The van der Waals surface area contributed by atoms with E-state index in [0.29, 0.717) is 28.2 Å². The van der Waals surface area contributed by atoms with Gasteiger partial charge in [0.25, 0.3) is 11.1 Å². The molecule has 1 heterocycles. The fourth-order valence-electron chi connectivity index (χ4n) is 2.64. The number of benzene rings is 2. The Bertz CT molecular complexity index is 1020. The van der Waals surface area contributed by atoms with E-state index in [4.69, 9.17) is 4.18 Å². The van der Waals surface area contributed by atoms with Crippen molar-refractivity contribution in [3.63, 3.8) is 0 Å². The standard InChI is InChI=1S/C21H26N4O3S2/c1-4-20(26)25-21-24-18-10-7-16(13-19(18)29-21)28-30(27)17-8-5-15(6-9-17)23-12-11-22-14(2)3/h5-10,13-14,22-23H,4,11-12H2,1-3H3,(H,24,25,26)/p+1. The molecule has 0 aliphatic rings. The van der Waals surface area contributed by atoms with Crippen molar-refractivity contribution in [1.29, 1.82) is 0 Å². The van der Waals surface area contributed by atoms with E-state index in [0.717, 1.165) is 29.0 Å². The van der Waals surface area contributed by atoms with Gasteiger partial charge in [-0.05, 0) is 36.4 Å². The number of hydrogen-bond acceptors (Lipinski definition) is 7. The molecule has 1 aromatic heterocycles. The van der Waals surface area contributed by atoms with Crippen molar-refractivity contribution in [2.75, 3.05) is 23.7 Å². The Kier molecular flexibility index (Phi) is 7.78. The van der Waals surface area contributed by atoms with Gasteiger partial charge in [0.2, 0.25) is 5.91 Å². The van der Waals surface area contributed by atoms with Crippen molar-refractivity contribution in [3.05, 3.63) is 42.5 Å². The van der Waals surface area contributed by atoms with E-state index in [1.165, 1.54) is 11.3 Å². The Morgan fingerprint density at radius 2 is 1.93 bits per heavy atom. The monoisotopic (exact) mass is 447 g/mol. The van der Waals surface area contributed by atoms with Crippen LogP contribution in [0.25, 0.3) is 10.2 Å². The Morgan fingerprint density at radius 3 is 2.63 bits per heavy atom. The lowest BCUT2D eigenvalue weighted by atomic mass is 10.3. The molecular formula is C21H27N4O3S2+. The van der Waals surface area contributed by atoms with Crippen molar-refractivity contribution >= 4 is 49.4 Å². The first-order chi connectivity index (χ1) is 14.4. The molecule has 30 heavy (non-hydrogen) atoms. The van der Waals surface area contributed by atoms with Crippen LogP contribution in [-0.2, 0) is 20.1 Å². The highest BCUT2D eigenvalue weighted by atomic mass is 32.2. The maximum Gasteiger partial charge on any atom is 0.280 e. The fraction of sp³-hybridized carbons (Fsp3) is 0.333. The number of nitrogens with one attached hydrogen (secondary N) is 3. The SMILES string of the molecule is CCC(=O)Nc1nc2ccc(O[SH+](=O)c3ccc(NCCNC(C)C)cc3)cc2s1. The lowest BCUT2D eigenvalue weighted by Crippen LogP contribution is -2.28. The highest BCUT2D eigenvalue weighted by molar-refractivity contribution is 7.80. The predicted molar refractivity (Wildman–Crippen MR) is 125 cm³/mol. The molecule has 3 N–H and O–H groups in total. The Hall–Kier alpha value is -2.49. The van der Waals surface area contributed by atoms with Crippen LogP contribution >= 0.6 is 11.3 Å². The highest BCUT2D eigenvalue weighted by Crippen LogP contribution is 2.30. The van der Waals surface area contributed by atoms with Gasteiger partial charge in [-0.1, -0.05) is 36.3 Å². The number of thiol groups is 1. The van der Waals surface area contributed by atoms with Crippen LogP contribution in [0.3, 0.4) is 0 Å². The number of carbonyl (C=O) groups excluding carboxylic acids is 1. The third-order valence-corrected chi connectivity index (χ3v) is 6.23. The first kappa shape index (κ1) is 22.2. The maximum absolute atomic E-state index is 12.6. The van der Waals surface area contributed by atoms with Crippen LogP contribution in [0.4, 0.5) is 10.8 Å². The second-order valence-electron chi connectivity index (χ2n) is 6.98. The van der Waals surface area contributed by atoms with Crippen LogP contribution < -0.4 is 20.1 Å². The van der Waals surface area contributed by atoms with Gasteiger partial charge in [0.1, 0.15) is 0 Å². The summed E-state index contributed by atoms with van der Waals surface area (Å²) < 4.78 is 19.1. The molecule has 1 amide bonds. The van der Waals surface area contributed by atoms with Crippen LogP contribution in [0.2, 0.25) is 0 Å². The molecule has 0 saturated heterocycles. The molecule has 3 rings (SSSR count). The number of amides is 1. The molecule has 0 fully saturated rings. The number of rotatable bonds is 10. The molecule has 0 radical (unpaired) electrons. The minimum Gasteiger partial charge on any atom is -0.384 e. The molecule has 160 valence electrons. The number of anilines is 2. The normalized spacial score (nSPS) is 12.1. The average molecular weight is 448 g/mol. The van der Waals surface area contributed by atoms with Crippen LogP contribution in [0.15, 0.2) is 47.4 Å². The van der Waals surface area contributed by atoms with Gasteiger partial charge in [-0.15, -0.1) is 0 Å². The lowest BCUT2D eigenvalue weighted by Gasteiger charge is -2.09. The van der Waals surface area contributed by atoms with Crippen LogP contribution in [0.1, 0.15) is 27.2 Å². The van der Waals surface area contributed by atoms with E-state index in [9.17, 15) is 9.00 Å².